The van der Waals surface area contributed by atoms with E-state index in [0.29, 0.717) is 11.6 Å². The molecule has 5 N–H and O–H groups in total. The zero-order chi connectivity index (χ0) is 29.3. The number of nitrogen functional groups attached to an aromatic ring is 1. The second-order valence-corrected chi connectivity index (χ2v) is 10.2. The molecule has 0 bridgehead atoms. The number of nitrogens with one attached hydrogen (secondary N) is 3. The van der Waals surface area contributed by atoms with E-state index in [1.165, 1.54) is 10.6 Å². The van der Waals surface area contributed by atoms with Gasteiger partial charge in [-0.15, -0.1) is 0 Å². The molecule has 0 saturated heterocycles. The number of anilines is 2. The van der Waals surface area contributed by atoms with Gasteiger partial charge in [0.1, 0.15) is 11.6 Å². The Morgan fingerprint density at radius 3 is 2.41 bits per heavy atom. The normalized spacial score (nSPS) is 11.0. The monoisotopic (exact) mass is 580 g/mol. The second-order valence-electron chi connectivity index (χ2n) is 10.2. The van der Waals surface area contributed by atoms with Crippen LogP contribution in [-0.2, 0) is 12.6 Å². The van der Waals surface area contributed by atoms with Crippen molar-refractivity contribution in [3.8, 4) is 5.75 Å². The van der Waals surface area contributed by atoms with E-state index in [0.717, 1.165) is 22.0 Å². The first-order valence-electron chi connectivity index (χ1n) is 12.7. The van der Waals surface area contributed by atoms with Gasteiger partial charge in [-0.2, -0.15) is 0 Å². The Kier molecular flexibility index (Phi) is 12.9. The van der Waals surface area contributed by atoms with Crippen molar-refractivity contribution in [1.82, 2.24) is 20.2 Å². The predicted octanol–water partition coefficient (Wildman–Crippen LogP) is 1.68. The van der Waals surface area contributed by atoms with Gasteiger partial charge in [0.25, 0.3) is 5.56 Å². The molecule has 0 spiro atoms. The number of pyridine rings is 2. The fraction of sp³-hybridized carbons (Fsp3) is 0.226. The number of hydrogen-bond acceptors (Lipinski definition) is 6. The number of benzene rings is 2. The van der Waals surface area contributed by atoms with Crippen molar-refractivity contribution in [2.24, 2.45) is 12.5 Å². The summed E-state index contributed by atoms with van der Waals surface area (Å²) < 4.78 is 7.05. The Morgan fingerprint density at radius 1 is 1.05 bits per heavy atom. The number of aryl methyl sites for hydroxylation is 1. The van der Waals surface area contributed by atoms with Crippen molar-refractivity contribution >= 4 is 28.3 Å². The molecule has 4 rings (SSSR count). The first-order valence-corrected chi connectivity index (χ1v) is 12.7. The first kappa shape index (κ1) is 34.3. The van der Waals surface area contributed by atoms with E-state index in [1.807, 2.05) is 68.4 Å². The van der Waals surface area contributed by atoms with Crippen LogP contribution in [0.1, 0.15) is 19.4 Å². The van der Waals surface area contributed by atoms with Gasteiger partial charge in [-0.3, -0.25) is 11.8 Å². The smallest absolute Gasteiger partial charge is 0.537 e. The van der Waals surface area contributed by atoms with Crippen LogP contribution in [-0.4, -0.2) is 28.7 Å². The van der Waals surface area contributed by atoms with Crippen molar-refractivity contribution in [2.75, 3.05) is 24.2 Å². The van der Waals surface area contributed by atoms with Gasteiger partial charge < -0.3 is 44.8 Å². The van der Waals surface area contributed by atoms with E-state index in [-0.39, 0.29) is 76.1 Å². The van der Waals surface area contributed by atoms with Crippen LogP contribution in [0.2, 0.25) is 0 Å². The molecular weight excluding hydrogens is 543 g/mol. The topological polar surface area (TPSA) is 123 Å². The third kappa shape index (κ3) is 10.2. The van der Waals surface area contributed by atoms with E-state index in [9.17, 15) is 9.59 Å². The van der Waals surface area contributed by atoms with Crippen molar-refractivity contribution in [3.63, 3.8) is 0 Å². The second kappa shape index (κ2) is 15.4. The maximum Gasteiger partial charge on any atom is 1.00 e. The fourth-order valence-electron chi connectivity index (χ4n) is 3.81. The standard InChI is InChI=1S/C21H27N3O3.C10H10N3.K/c1-20(2,15-27-17-11-12-24(5)18(25)13-17)14-22-19(26)23-21(3,4)16-9-7-6-8-10-16;1-12-9-4-2-3-8-7(9)5-6-13-10(8)11;/h6-13H,1-2,14-15H2,3-5H3,(H2,22,23,26);2-6,12H,1H2,(H2,11,13);/q-2;-1;+1. The van der Waals surface area contributed by atoms with Crippen LogP contribution in [0.25, 0.3) is 10.8 Å². The van der Waals surface area contributed by atoms with Gasteiger partial charge in [0.15, 0.2) is 0 Å². The summed E-state index contributed by atoms with van der Waals surface area (Å²) in [5, 5.41) is 10.6. The summed E-state index contributed by atoms with van der Waals surface area (Å²) in [6.07, 6.45) is 3.32. The SMILES string of the molecule is [CH2-]C([CH2-])(CNC(=O)NC(C)(C)c1ccccc1)COc1ccn(C)c(=O)c1.[CH2-]Nc1cccc2c(N)nccc12.[K+]. The number of amides is 2. The van der Waals surface area contributed by atoms with Crippen LogP contribution >= 0.6 is 0 Å². The van der Waals surface area contributed by atoms with Crippen LogP contribution in [0.3, 0.4) is 0 Å². The van der Waals surface area contributed by atoms with Crippen molar-refractivity contribution in [2.45, 2.75) is 19.4 Å². The van der Waals surface area contributed by atoms with E-state index in [4.69, 9.17) is 10.5 Å². The number of aromatic nitrogens is 2. The van der Waals surface area contributed by atoms with Gasteiger partial charge >= 0.3 is 57.4 Å². The molecule has 4 aromatic rings. The molecule has 0 aliphatic carbocycles. The predicted molar refractivity (Wildman–Crippen MR) is 161 cm³/mol. The number of nitrogens with two attached hydrogens (primary N) is 1. The number of carbonyl (C=O) groups is 1. The average Bonchev–Trinajstić information content (AvgIpc) is 2.93. The minimum absolute atomic E-state index is 0. The van der Waals surface area contributed by atoms with Crippen molar-refractivity contribution in [3.05, 3.63) is 116 Å². The molecule has 212 valence electrons. The molecule has 0 aliphatic heterocycles. The molecular formula is C31H37KN6O3-2. The van der Waals surface area contributed by atoms with E-state index in [2.05, 4.69) is 41.8 Å². The van der Waals surface area contributed by atoms with Crippen LogP contribution in [0, 0.1) is 26.3 Å². The summed E-state index contributed by atoms with van der Waals surface area (Å²) in [7, 11) is 5.29. The third-order valence-electron chi connectivity index (χ3n) is 6.19. The Hall–Kier alpha value is -2.89. The van der Waals surface area contributed by atoms with Crippen LogP contribution in [0.5, 0.6) is 5.75 Å². The van der Waals surface area contributed by atoms with E-state index in [1.54, 1.807) is 25.5 Å². The number of fused-ring (bicyclic) bond motifs is 1. The minimum atomic E-state index is -0.796. The molecule has 2 amide bonds. The van der Waals surface area contributed by atoms with Crippen molar-refractivity contribution < 1.29 is 60.9 Å². The number of carbonyl (C=O) groups excluding carboxylic acids is 1. The van der Waals surface area contributed by atoms with Crippen LogP contribution in [0.15, 0.2) is 83.9 Å². The summed E-state index contributed by atoms with van der Waals surface area (Å²) in [6.45, 7) is 12.2. The van der Waals surface area contributed by atoms with Gasteiger partial charge in [-0.05, 0) is 44.2 Å². The molecule has 0 unspecified atom stereocenters. The van der Waals surface area contributed by atoms with Gasteiger partial charge in [-0.1, -0.05) is 42.5 Å². The quantitative estimate of drug-likeness (QED) is 0.186. The number of nitrogens with zero attached hydrogens (tertiary/aromatic N) is 2. The molecule has 2 aromatic carbocycles. The van der Waals surface area contributed by atoms with E-state index >= 15 is 0 Å². The molecule has 41 heavy (non-hydrogen) atoms. The maximum atomic E-state index is 12.3. The Morgan fingerprint density at radius 2 is 1.76 bits per heavy atom. The molecule has 0 aliphatic rings. The molecule has 0 fully saturated rings. The average molecular weight is 581 g/mol. The zero-order valence-electron chi connectivity index (χ0n) is 24.2. The number of rotatable bonds is 8. The maximum absolute atomic E-state index is 12.3. The molecule has 0 atom stereocenters. The molecule has 0 saturated carbocycles. The minimum Gasteiger partial charge on any atom is -0.537 e. The largest absolute Gasteiger partial charge is 1.00 e. The van der Waals surface area contributed by atoms with Gasteiger partial charge in [-0.25, -0.2) is 15.2 Å². The summed E-state index contributed by atoms with van der Waals surface area (Å²) in [4.78, 5) is 27.9. The zero-order valence-corrected chi connectivity index (χ0v) is 27.4. The summed E-state index contributed by atoms with van der Waals surface area (Å²) in [5.74, 6) is 0.999. The van der Waals surface area contributed by atoms with Gasteiger partial charge in [0.05, 0.1) is 5.54 Å². The number of hydrogen-bond donors (Lipinski definition) is 4. The Balaban J connectivity index is 0.000000350. The Labute approximate surface area is 284 Å². The van der Waals surface area contributed by atoms with E-state index < -0.39 is 11.0 Å². The molecule has 0 radical (unpaired) electrons. The number of urea groups is 1. The third-order valence-corrected chi connectivity index (χ3v) is 6.19. The summed E-state index contributed by atoms with van der Waals surface area (Å²) in [5.41, 5.74) is 6.22. The fourth-order valence-corrected chi connectivity index (χ4v) is 3.81. The molecule has 10 heteroatoms. The number of ether oxygens (including phenoxy) is 1. The summed E-state index contributed by atoms with van der Waals surface area (Å²) in [6, 6.07) is 20.2. The summed E-state index contributed by atoms with van der Waals surface area (Å²) >= 11 is 0. The van der Waals surface area contributed by atoms with Crippen molar-refractivity contribution in [1.29, 1.82) is 0 Å². The Bertz CT molecular complexity index is 1490. The van der Waals surface area contributed by atoms with Gasteiger partial charge in [0, 0.05) is 48.6 Å². The first-order chi connectivity index (χ1) is 18.9. The molecule has 2 heterocycles. The molecule has 2 aromatic heterocycles. The van der Waals surface area contributed by atoms with Crippen LogP contribution < -0.4 is 83.4 Å². The van der Waals surface area contributed by atoms with Crippen LogP contribution in [0.4, 0.5) is 16.3 Å². The molecule has 9 nitrogen and oxygen atoms in total. The van der Waals surface area contributed by atoms with Gasteiger partial charge in [0.2, 0.25) is 0 Å².